The second kappa shape index (κ2) is 8.21. The molecule has 1 aliphatic heterocycles. The minimum absolute atomic E-state index is 0.0597. The monoisotopic (exact) mass is 409 g/mol. The van der Waals surface area contributed by atoms with Crippen molar-refractivity contribution in [1.29, 1.82) is 0 Å². The molecule has 29 heavy (non-hydrogen) atoms. The van der Waals surface area contributed by atoms with Gasteiger partial charge in [0.25, 0.3) is 0 Å². The van der Waals surface area contributed by atoms with Crippen molar-refractivity contribution in [2.75, 3.05) is 18.2 Å². The first-order valence-electron chi connectivity index (χ1n) is 9.39. The van der Waals surface area contributed by atoms with Crippen LogP contribution in [0.3, 0.4) is 0 Å². The Morgan fingerprint density at radius 3 is 2.79 bits per heavy atom. The summed E-state index contributed by atoms with van der Waals surface area (Å²) in [5.41, 5.74) is 5.15. The molecule has 1 aliphatic rings. The average molecular weight is 410 g/mol. The lowest BCUT2D eigenvalue weighted by atomic mass is 10.0. The number of methoxy groups -OCH3 is 1. The highest BCUT2D eigenvalue weighted by Gasteiger charge is 2.31. The van der Waals surface area contributed by atoms with Gasteiger partial charge in [-0.05, 0) is 31.0 Å². The molecule has 1 aromatic heterocycles. The second-order valence-corrected chi connectivity index (χ2v) is 8.04. The van der Waals surface area contributed by atoms with Crippen LogP contribution < -0.4 is 14.8 Å². The van der Waals surface area contributed by atoms with Gasteiger partial charge in [-0.1, -0.05) is 36.4 Å². The molecule has 0 fully saturated rings. The van der Waals surface area contributed by atoms with Gasteiger partial charge in [0.05, 0.1) is 18.1 Å². The summed E-state index contributed by atoms with van der Waals surface area (Å²) < 4.78 is 11.9. The normalized spacial score (nSPS) is 16.0. The molecule has 0 saturated heterocycles. The van der Waals surface area contributed by atoms with Crippen LogP contribution in [0.5, 0.6) is 11.5 Å². The highest BCUT2D eigenvalue weighted by Crippen LogP contribution is 2.47. The van der Waals surface area contributed by atoms with Crippen molar-refractivity contribution in [3.8, 4) is 11.5 Å². The molecule has 4 rings (SSSR count). The third-order valence-electron chi connectivity index (χ3n) is 5.04. The number of amides is 1. The SMILES string of the molecule is COc1cccc([C@@H]2SCC(=O)Nc3n[nH]c(C)c32)c1OCc1ccccc1C. The van der Waals surface area contributed by atoms with Crippen LogP contribution in [0.2, 0.25) is 0 Å². The maximum atomic E-state index is 12.1. The summed E-state index contributed by atoms with van der Waals surface area (Å²) in [5.74, 6) is 2.22. The van der Waals surface area contributed by atoms with Crippen molar-refractivity contribution < 1.29 is 14.3 Å². The van der Waals surface area contributed by atoms with Crippen LogP contribution in [0.4, 0.5) is 5.82 Å². The molecular weight excluding hydrogens is 386 g/mol. The van der Waals surface area contributed by atoms with Crippen LogP contribution in [0.1, 0.15) is 33.2 Å². The van der Waals surface area contributed by atoms with E-state index in [1.54, 1.807) is 18.9 Å². The molecule has 1 amide bonds. The van der Waals surface area contributed by atoms with Gasteiger partial charge in [0, 0.05) is 16.8 Å². The number of H-pyrrole nitrogens is 1. The van der Waals surface area contributed by atoms with Crippen molar-refractivity contribution in [2.45, 2.75) is 25.7 Å². The maximum absolute atomic E-state index is 12.1. The van der Waals surface area contributed by atoms with Crippen LogP contribution in [0.15, 0.2) is 42.5 Å². The van der Waals surface area contributed by atoms with Gasteiger partial charge in [-0.25, -0.2) is 0 Å². The number of benzene rings is 2. The van der Waals surface area contributed by atoms with Crippen LogP contribution in [-0.4, -0.2) is 29.0 Å². The van der Waals surface area contributed by atoms with Gasteiger partial charge in [-0.3, -0.25) is 9.89 Å². The van der Waals surface area contributed by atoms with E-state index in [4.69, 9.17) is 9.47 Å². The number of nitrogens with zero attached hydrogens (tertiary/aromatic N) is 1. The smallest absolute Gasteiger partial charge is 0.235 e. The van der Waals surface area contributed by atoms with Gasteiger partial charge >= 0.3 is 0 Å². The van der Waals surface area contributed by atoms with E-state index in [2.05, 4.69) is 34.6 Å². The van der Waals surface area contributed by atoms with E-state index < -0.39 is 0 Å². The lowest BCUT2D eigenvalue weighted by Gasteiger charge is -2.21. The van der Waals surface area contributed by atoms with Gasteiger partial charge in [0.2, 0.25) is 5.91 Å². The molecule has 0 unspecified atom stereocenters. The summed E-state index contributed by atoms with van der Waals surface area (Å²) in [6, 6.07) is 14.0. The lowest BCUT2D eigenvalue weighted by molar-refractivity contribution is -0.113. The standard InChI is InChI=1S/C22H23N3O3S/c1-13-7-4-5-8-15(13)11-28-20-16(9-6-10-17(20)27-3)21-19-14(2)24-25-22(19)23-18(26)12-29-21/h4-10,21H,11-12H2,1-3H3,(H2,23,24,25,26)/t21-/m0/s1. The third-order valence-corrected chi connectivity index (χ3v) is 6.29. The van der Waals surface area contributed by atoms with Crippen LogP contribution in [0, 0.1) is 13.8 Å². The third kappa shape index (κ3) is 3.82. The fraction of sp³-hybridized carbons (Fsp3) is 0.273. The highest BCUT2D eigenvalue weighted by atomic mass is 32.2. The summed E-state index contributed by atoms with van der Waals surface area (Å²) in [4.78, 5) is 12.1. The minimum atomic E-state index is -0.107. The largest absolute Gasteiger partial charge is 0.493 e. The van der Waals surface area contributed by atoms with E-state index in [0.717, 1.165) is 22.4 Å². The Balaban J connectivity index is 1.75. The Morgan fingerprint density at radius 1 is 1.17 bits per heavy atom. The zero-order valence-corrected chi connectivity index (χ0v) is 17.4. The molecule has 0 bridgehead atoms. The van der Waals surface area contributed by atoms with Gasteiger partial charge < -0.3 is 14.8 Å². The van der Waals surface area contributed by atoms with Crippen molar-refractivity contribution in [2.24, 2.45) is 0 Å². The fourth-order valence-corrected chi connectivity index (χ4v) is 4.70. The topological polar surface area (TPSA) is 76.2 Å². The van der Waals surface area contributed by atoms with Crippen LogP contribution in [-0.2, 0) is 11.4 Å². The first kappa shape index (κ1) is 19.4. The molecule has 2 aromatic carbocycles. The number of carbonyl (C=O) groups is 1. The van der Waals surface area contributed by atoms with Gasteiger partial charge in [-0.2, -0.15) is 5.10 Å². The van der Waals surface area contributed by atoms with E-state index in [1.165, 1.54) is 5.56 Å². The van der Waals surface area contributed by atoms with Crippen molar-refractivity contribution in [1.82, 2.24) is 10.2 Å². The van der Waals surface area contributed by atoms with Gasteiger partial charge in [-0.15, -0.1) is 11.8 Å². The molecule has 0 spiro atoms. The van der Waals surface area contributed by atoms with Crippen molar-refractivity contribution in [3.05, 3.63) is 70.4 Å². The van der Waals surface area contributed by atoms with Crippen LogP contribution in [0.25, 0.3) is 0 Å². The number of thioether (sulfide) groups is 1. The number of ether oxygens (including phenoxy) is 2. The molecule has 6 nitrogen and oxygen atoms in total. The van der Waals surface area contributed by atoms with E-state index >= 15 is 0 Å². The molecule has 3 aromatic rings. The zero-order chi connectivity index (χ0) is 20.4. The zero-order valence-electron chi connectivity index (χ0n) is 16.6. The van der Waals surface area contributed by atoms with E-state index in [-0.39, 0.29) is 11.2 Å². The molecule has 7 heteroatoms. The van der Waals surface area contributed by atoms with Crippen LogP contribution >= 0.6 is 11.8 Å². The summed E-state index contributed by atoms with van der Waals surface area (Å²) >= 11 is 1.56. The highest BCUT2D eigenvalue weighted by molar-refractivity contribution is 8.00. The summed E-state index contributed by atoms with van der Waals surface area (Å²) in [6.07, 6.45) is 0. The first-order valence-corrected chi connectivity index (χ1v) is 10.4. The number of nitrogens with one attached hydrogen (secondary N) is 2. The predicted molar refractivity (Wildman–Crippen MR) is 115 cm³/mol. The van der Waals surface area contributed by atoms with Gasteiger partial charge in [0.1, 0.15) is 6.61 Å². The number of anilines is 1. The number of hydrogen-bond acceptors (Lipinski definition) is 5. The molecule has 0 saturated carbocycles. The number of rotatable bonds is 5. The van der Waals surface area contributed by atoms with E-state index in [9.17, 15) is 4.79 Å². The number of hydrogen-bond donors (Lipinski definition) is 2. The second-order valence-electron chi connectivity index (χ2n) is 6.94. The number of fused-ring (bicyclic) bond motifs is 1. The predicted octanol–water partition coefficient (Wildman–Crippen LogP) is 4.39. The molecule has 150 valence electrons. The molecule has 0 aliphatic carbocycles. The van der Waals surface area contributed by atoms with Crippen molar-refractivity contribution >= 4 is 23.5 Å². The van der Waals surface area contributed by atoms with Gasteiger partial charge in [0.15, 0.2) is 17.3 Å². The molecule has 0 radical (unpaired) electrons. The van der Waals surface area contributed by atoms with E-state index in [0.29, 0.717) is 29.7 Å². The Labute approximate surface area is 174 Å². The Kier molecular flexibility index (Phi) is 5.49. The lowest BCUT2D eigenvalue weighted by Crippen LogP contribution is -2.12. The Morgan fingerprint density at radius 2 is 2.00 bits per heavy atom. The molecule has 2 heterocycles. The van der Waals surface area contributed by atoms with E-state index in [1.807, 2.05) is 37.3 Å². The maximum Gasteiger partial charge on any atom is 0.235 e. The average Bonchev–Trinajstić information content (AvgIpc) is 2.98. The summed E-state index contributed by atoms with van der Waals surface area (Å²) in [6.45, 7) is 4.47. The number of carbonyl (C=O) groups excluding carboxylic acids is 1. The van der Waals surface area contributed by atoms with Crippen molar-refractivity contribution in [3.63, 3.8) is 0 Å². The molecule has 2 N–H and O–H groups in total. The quantitative estimate of drug-likeness (QED) is 0.654. The molecule has 1 atom stereocenters. The molecular formula is C22H23N3O3S. The number of aryl methyl sites for hydroxylation is 2. The minimum Gasteiger partial charge on any atom is -0.493 e. The summed E-state index contributed by atoms with van der Waals surface area (Å²) in [7, 11) is 1.64. The first-order chi connectivity index (χ1) is 14.1. The number of aromatic nitrogens is 2. The number of para-hydroxylation sites is 1. The summed E-state index contributed by atoms with van der Waals surface area (Å²) in [5, 5.41) is 10.0. The number of aromatic amines is 1. The Bertz CT molecular complexity index is 1050. The Hall–Kier alpha value is -2.93. The fourth-order valence-electron chi connectivity index (χ4n) is 3.49.